The van der Waals surface area contributed by atoms with Crippen LogP contribution in [0.25, 0.3) is 0 Å². The van der Waals surface area contributed by atoms with Crippen LogP contribution >= 0.6 is 11.6 Å². The zero-order valence-corrected chi connectivity index (χ0v) is 17.2. The first-order valence-electron chi connectivity index (χ1n) is 9.67. The highest BCUT2D eigenvalue weighted by atomic mass is 35.5. The molecule has 10 heteroatoms. The van der Waals surface area contributed by atoms with Crippen LogP contribution in [0.1, 0.15) is 35.2 Å². The molecule has 0 amide bonds. The van der Waals surface area contributed by atoms with Gasteiger partial charge in [0.1, 0.15) is 5.82 Å². The lowest BCUT2D eigenvalue weighted by Crippen LogP contribution is -2.30. The lowest BCUT2D eigenvalue weighted by atomic mass is 9.98. The van der Waals surface area contributed by atoms with E-state index in [1.165, 1.54) is 12.3 Å². The van der Waals surface area contributed by atoms with Gasteiger partial charge in [-0.1, -0.05) is 11.6 Å². The van der Waals surface area contributed by atoms with Crippen LogP contribution in [0.3, 0.4) is 0 Å². The minimum atomic E-state index is -4.63. The van der Waals surface area contributed by atoms with Crippen molar-refractivity contribution in [3.63, 3.8) is 0 Å². The van der Waals surface area contributed by atoms with Crippen LogP contribution in [0.15, 0.2) is 35.5 Å². The average molecular weight is 452 g/mol. The molecule has 1 unspecified atom stereocenters. The second kappa shape index (κ2) is 9.47. The van der Waals surface area contributed by atoms with Gasteiger partial charge in [0.2, 0.25) is 0 Å². The van der Waals surface area contributed by atoms with Crippen LogP contribution in [0.2, 0.25) is 5.02 Å². The number of nitrogens with zero attached hydrogens (tertiary/aromatic N) is 3. The number of piperidine rings is 1. The topological polar surface area (TPSA) is 95.4 Å². The van der Waals surface area contributed by atoms with Crippen LogP contribution < -0.4 is 10.6 Å². The lowest BCUT2D eigenvalue weighted by molar-refractivity contribution is -0.137. The van der Waals surface area contributed by atoms with Gasteiger partial charge < -0.3 is 16.0 Å². The first-order chi connectivity index (χ1) is 14.7. The van der Waals surface area contributed by atoms with Crippen molar-refractivity contribution >= 4 is 47.0 Å². The van der Waals surface area contributed by atoms with E-state index in [1.807, 2.05) is 0 Å². The van der Waals surface area contributed by atoms with Crippen LogP contribution in [0.4, 0.5) is 30.4 Å². The van der Waals surface area contributed by atoms with Crippen molar-refractivity contribution in [1.29, 1.82) is 5.41 Å². The van der Waals surface area contributed by atoms with Crippen LogP contribution in [0.5, 0.6) is 0 Å². The Hall–Kier alpha value is -2.94. The normalized spacial score (nSPS) is 15.8. The summed E-state index contributed by atoms with van der Waals surface area (Å²) < 4.78 is 39.1. The third-order valence-electron chi connectivity index (χ3n) is 4.99. The molecule has 3 rings (SSSR count). The first-order valence-corrected chi connectivity index (χ1v) is 10.0. The predicted octanol–water partition coefficient (Wildman–Crippen LogP) is 5.18. The Morgan fingerprint density at radius 2 is 1.97 bits per heavy atom. The number of Topliss-reactive ketones (excluding diaryl/α,β-unsaturated/α-hetero) is 1. The number of alkyl halides is 3. The summed E-state index contributed by atoms with van der Waals surface area (Å²) >= 11 is 5.61. The summed E-state index contributed by atoms with van der Waals surface area (Å²) in [4.78, 5) is 23.3. The van der Waals surface area contributed by atoms with Gasteiger partial charge in [0, 0.05) is 31.1 Å². The third-order valence-corrected chi connectivity index (χ3v) is 5.32. The number of rotatable bonds is 6. The monoisotopic (exact) mass is 451 g/mol. The van der Waals surface area contributed by atoms with Crippen molar-refractivity contribution in [2.75, 3.05) is 23.7 Å². The minimum absolute atomic E-state index is 0.0342. The molecule has 1 saturated heterocycles. The molecule has 1 aliphatic heterocycles. The van der Waals surface area contributed by atoms with Crippen LogP contribution in [-0.2, 0) is 6.18 Å². The van der Waals surface area contributed by atoms with E-state index in [2.05, 4.69) is 14.9 Å². The summed E-state index contributed by atoms with van der Waals surface area (Å²) in [5, 5.41) is 7.15. The van der Waals surface area contributed by atoms with Crippen molar-refractivity contribution in [2.45, 2.75) is 25.4 Å². The van der Waals surface area contributed by atoms with E-state index in [0.717, 1.165) is 56.9 Å². The SMILES string of the molecule is N=CC(C=Nc1ccc(Cl)c(C(F)(F)F)c1)C(=O)c1cc(N2CCCCC2)ncc1N. The summed E-state index contributed by atoms with van der Waals surface area (Å²) in [7, 11) is 0. The average Bonchev–Trinajstić information content (AvgIpc) is 2.75. The van der Waals surface area contributed by atoms with Crippen LogP contribution in [-0.4, -0.2) is 36.3 Å². The van der Waals surface area contributed by atoms with Gasteiger partial charge in [0.05, 0.1) is 34.1 Å². The fourth-order valence-corrected chi connectivity index (χ4v) is 3.53. The number of aliphatic imine (C=N–C) groups is 1. The van der Waals surface area contributed by atoms with Crippen molar-refractivity contribution in [1.82, 2.24) is 4.98 Å². The molecule has 1 atom stereocenters. The maximum Gasteiger partial charge on any atom is 0.417 e. The quantitative estimate of drug-likeness (QED) is 0.467. The zero-order valence-electron chi connectivity index (χ0n) is 16.5. The summed E-state index contributed by atoms with van der Waals surface area (Å²) in [5.74, 6) is -0.948. The molecule has 0 saturated carbocycles. The van der Waals surface area contributed by atoms with Gasteiger partial charge in [-0.2, -0.15) is 13.2 Å². The third kappa shape index (κ3) is 5.41. The predicted molar refractivity (Wildman–Crippen MR) is 116 cm³/mol. The highest BCUT2D eigenvalue weighted by Crippen LogP contribution is 2.36. The lowest BCUT2D eigenvalue weighted by Gasteiger charge is -2.28. The standard InChI is InChI=1S/C21H21ClF3N5O/c22-17-5-4-14(8-16(17)21(23,24)25)28-11-13(10-26)20(31)15-9-19(29-12-18(15)27)30-6-2-1-3-7-30/h4-5,8-13,26H,1-3,6-7,27H2. The van der Waals surface area contributed by atoms with Gasteiger partial charge in [0.15, 0.2) is 5.78 Å². The van der Waals surface area contributed by atoms with Gasteiger partial charge in [-0.25, -0.2) is 4.98 Å². The molecular formula is C21H21ClF3N5O. The maximum absolute atomic E-state index is 13.0. The Bertz CT molecular complexity index is 1000. The molecule has 1 fully saturated rings. The number of carbonyl (C=O) groups is 1. The highest BCUT2D eigenvalue weighted by molar-refractivity contribution is 6.31. The minimum Gasteiger partial charge on any atom is -0.397 e. The second-order valence-corrected chi connectivity index (χ2v) is 7.58. The Labute approximate surface area is 182 Å². The Morgan fingerprint density at radius 1 is 1.26 bits per heavy atom. The van der Waals surface area contributed by atoms with Gasteiger partial charge >= 0.3 is 6.18 Å². The smallest absolute Gasteiger partial charge is 0.397 e. The van der Waals surface area contributed by atoms with Crippen molar-refractivity contribution in [3.05, 3.63) is 46.6 Å². The first kappa shape index (κ1) is 22.7. The second-order valence-electron chi connectivity index (χ2n) is 7.17. The molecule has 0 bridgehead atoms. The fourth-order valence-electron chi connectivity index (χ4n) is 3.31. The van der Waals surface area contributed by atoms with Crippen molar-refractivity contribution in [3.8, 4) is 0 Å². The molecule has 2 heterocycles. The fraction of sp³-hybridized carbons (Fsp3) is 0.333. The molecule has 3 N–H and O–H groups in total. The molecule has 31 heavy (non-hydrogen) atoms. The van der Waals surface area contributed by atoms with E-state index in [0.29, 0.717) is 5.82 Å². The van der Waals surface area contributed by atoms with Gasteiger partial charge in [0.25, 0.3) is 0 Å². The summed E-state index contributed by atoms with van der Waals surface area (Å²) in [5.41, 5.74) is 5.25. The van der Waals surface area contributed by atoms with E-state index < -0.39 is 28.5 Å². The molecule has 164 valence electrons. The van der Waals surface area contributed by atoms with E-state index in [9.17, 15) is 18.0 Å². The van der Waals surface area contributed by atoms with E-state index >= 15 is 0 Å². The van der Waals surface area contributed by atoms with Crippen molar-refractivity contribution < 1.29 is 18.0 Å². The number of ketones is 1. The number of halogens is 4. The van der Waals surface area contributed by atoms with E-state index in [-0.39, 0.29) is 16.9 Å². The number of nitrogens with one attached hydrogen (secondary N) is 1. The van der Waals surface area contributed by atoms with Gasteiger partial charge in [-0.15, -0.1) is 0 Å². The number of nitrogen functional groups attached to an aromatic ring is 1. The summed E-state index contributed by atoms with van der Waals surface area (Å²) in [6.07, 6.45) is 1.98. The molecular weight excluding hydrogens is 431 g/mol. The Kier molecular flexibility index (Phi) is 6.94. The number of nitrogens with two attached hydrogens (primary N) is 1. The molecule has 2 aromatic rings. The van der Waals surface area contributed by atoms with Gasteiger partial charge in [-0.05, 0) is 43.5 Å². The number of carbonyl (C=O) groups excluding carboxylic acids is 1. The Balaban J connectivity index is 1.84. The zero-order chi connectivity index (χ0) is 22.6. The number of pyridine rings is 1. The molecule has 6 nitrogen and oxygen atoms in total. The largest absolute Gasteiger partial charge is 0.417 e. The number of aromatic nitrogens is 1. The summed E-state index contributed by atoms with van der Waals surface area (Å²) in [6.45, 7) is 1.66. The number of anilines is 2. The molecule has 0 radical (unpaired) electrons. The molecule has 1 aromatic heterocycles. The molecule has 0 spiro atoms. The van der Waals surface area contributed by atoms with Gasteiger partial charge in [-0.3, -0.25) is 9.79 Å². The number of benzene rings is 1. The van der Waals surface area contributed by atoms with E-state index in [1.54, 1.807) is 6.07 Å². The summed E-state index contributed by atoms with van der Waals surface area (Å²) in [6, 6.07) is 4.77. The molecule has 1 aliphatic rings. The molecule has 1 aromatic carbocycles. The number of hydrogen-bond donors (Lipinski definition) is 2. The number of hydrogen-bond acceptors (Lipinski definition) is 6. The Morgan fingerprint density at radius 3 is 2.61 bits per heavy atom. The van der Waals surface area contributed by atoms with Crippen molar-refractivity contribution in [2.24, 2.45) is 10.9 Å². The van der Waals surface area contributed by atoms with Crippen LogP contribution in [0, 0.1) is 11.3 Å². The van der Waals surface area contributed by atoms with E-state index in [4.69, 9.17) is 22.7 Å². The molecule has 0 aliphatic carbocycles. The highest BCUT2D eigenvalue weighted by Gasteiger charge is 2.33. The maximum atomic E-state index is 13.0.